The molecule has 3 amide bonds. The number of likely N-dealkylation sites (tertiary alicyclic amines) is 1. The number of nitrogens with zero attached hydrogens (tertiary/aromatic N) is 3. The van der Waals surface area contributed by atoms with Crippen LogP contribution in [0.3, 0.4) is 0 Å². The number of piperidine rings is 1. The van der Waals surface area contributed by atoms with Gasteiger partial charge in [0.1, 0.15) is 12.1 Å². The molecule has 2 heterocycles. The van der Waals surface area contributed by atoms with Gasteiger partial charge in [0.2, 0.25) is 5.91 Å². The number of hydrogen-bond acceptors (Lipinski definition) is 4. The van der Waals surface area contributed by atoms with Crippen LogP contribution >= 0.6 is 0 Å². The van der Waals surface area contributed by atoms with Gasteiger partial charge in [-0.25, -0.2) is 0 Å². The molecule has 202 valence electrons. The highest BCUT2D eigenvalue weighted by Gasteiger charge is 2.54. The first-order chi connectivity index (χ1) is 19.5. The van der Waals surface area contributed by atoms with Gasteiger partial charge in [0.05, 0.1) is 6.67 Å². The number of anilines is 1. The Balaban J connectivity index is 1.19. The van der Waals surface area contributed by atoms with Crippen LogP contribution in [0.4, 0.5) is 5.69 Å². The molecule has 0 radical (unpaired) electrons. The lowest BCUT2D eigenvalue weighted by Gasteiger charge is -2.43. The summed E-state index contributed by atoms with van der Waals surface area (Å²) >= 11 is 0. The van der Waals surface area contributed by atoms with E-state index in [0.717, 1.165) is 22.0 Å². The second-order valence-electron chi connectivity index (χ2n) is 10.5. The normalized spacial score (nSPS) is 16.5. The van der Waals surface area contributed by atoms with Crippen LogP contribution in [0.5, 0.6) is 0 Å². The lowest BCUT2D eigenvalue weighted by atomic mass is 9.85. The molecule has 0 atom stereocenters. The van der Waals surface area contributed by atoms with Crippen LogP contribution in [-0.4, -0.2) is 59.4 Å². The average Bonchev–Trinajstić information content (AvgIpc) is 3.27. The van der Waals surface area contributed by atoms with Gasteiger partial charge in [0.15, 0.2) is 0 Å². The Morgan fingerprint density at radius 1 is 0.775 bits per heavy atom. The molecule has 0 unspecified atom stereocenters. The Labute approximate surface area is 234 Å². The molecule has 0 aliphatic carbocycles. The van der Waals surface area contributed by atoms with Crippen molar-refractivity contribution in [3.8, 4) is 0 Å². The number of carbonyl (C=O) groups is 3. The number of rotatable bonds is 6. The van der Waals surface area contributed by atoms with E-state index in [-0.39, 0.29) is 24.3 Å². The van der Waals surface area contributed by atoms with Crippen molar-refractivity contribution < 1.29 is 14.4 Å². The van der Waals surface area contributed by atoms with Crippen LogP contribution < -0.4 is 10.2 Å². The molecule has 1 N–H and O–H groups in total. The van der Waals surface area contributed by atoms with E-state index in [2.05, 4.69) is 10.2 Å². The predicted octanol–water partition coefficient (Wildman–Crippen LogP) is 4.44. The maximum atomic E-state index is 14.0. The first-order valence-electron chi connectivity index (χ1n) is 13.7. The number of para-hydroxylation sites is 1. The predicted molar refractivity (Wildman–Crippen MR) is 156 cm³/mol. The van der Waals surface area contributed by atoms with Gasteiger partial charge in [-0.3, -0.25) is 14.4 Å². The third-order valence-corrected chi connectivity index (χ3v) is 8.15. The van der Waals surface area contributed by atoms with Crippen LogP contribution in [0, 0.1) is 0 Å². The second kappa shape index (κ2) is 10.8. The fraction of sp³-hybridized carbons (Fsp3) is 0.242. The highest BCUT2D eigenvalue weighted by Crippen LogP contribution is 2.39. The third-order valence-electron chi connectivity index (χ3n) is 8.15. The number of nitrogens with one attached hydrogen (secondary N) is 1. The van der Waals surface area contributed by atoms with Crippen molar-refractivity contribution in [3.63, 3.8) is 0 Å². The summed E-state index contributed by atoms with van der Waals surface area (Å²) in [4.78, 5) is 46.1. The minimum Gasteiger partial charge on any atom is -0.350 e. The molecule has 6 rings (SSSR count). The van der Waals surface area contributed by atoms with Crippen molar-refractivity contribution in [1.29, 1.82) is 0 Å². The maximum absolute atomic E-state index is 14.0. The molecule has 1 spiro atoms. The van der Waals surface area contributed by atoms with E-state index < -0.39 is 5.54 Å². The number of benzene rings is 4. The van der Waals surface area contributed by atoms with E-state index in [0.29, 0.717) is 44.7 Å². The Kier molecular flexibility index (Phi) is 6.95. The van der Waals surface area contributed by atoms with E-state index in [1.807, 2.05) is 108 Å². The van der Waals surface area contributed by atoms with Crippen LogP contribution in [0.15, 0.2) is 103 Å². The molecule has 4 aromatic rings. The molecule has 4 aromatic carbocycles. The Hall–Kier alpha value is -4.65. The lowest BCUT2D eigenvalue weighted by Crippen LogP contribution is -2.57. The molecule has 0 saturated carbocycles. The van der Waals surface area contributed by atoms with Crippen molar-refractivity contribution in [1.82, 2.24) is 15.1 Å². The molecule has 2 saturated heterocycles. The quantitative estimate of drug-likeness (QED) is 0.399. The van der Waals surface area contributed by atoms with Crippen molar-refractivity contribution in [2.75, 3.05) is 31.2 Å². The lowest BCUT2D eigenvalue weighted by molar-refractivity contribution is -0.137. The van der Waals surface area contributed by atoms with Crippen LogP contribution in [0.2, 0.25) is 0 Å². The van der Waals surface area contributed by atoms with Crippen molar-refractivity contribution in [2.45, 2.75) is 24.9 Å². The van der Waals surface area contributed by atoms with Gasteiger partial charge < -0.3 is 20.0 Å². The largest absolute Gasteiger partial charge is 0.350 e. The number of carbonyl (C=O) groups excluding carboxylic acids is 3. The van der Waals surface area contributed by atoms with E-state index in [9.17, 15) is 14.4 Å². The van der Waals surface area contributed by atoms with E-state index in [1.165, 1.54) is 0 Å². The molecule has 2 fully saturated rings. The van der Waals surface area contributed by atoms with Gasteiger partial charge >= 0.3 is 0 Å². The molecule has 7 nitrogen and oxygen atoms in total. The highest BCUT2D eigenvalue weighted by atomic mass is 16.2. The van der Waals surface area contributed by atoms with E-state index in [4.69, 9.17) is 0 Å². The molecular formula is C33H32N4O3. The molecule has 2 aliphatic rings. The summed E-state index contributed by atoms with van der Waals surface area (Å²) in [6.07, 6.45) is 0.999. The topological polar surface area (TPSA) is 73.0 Å². The minimum atomic E-state index is -0.795. The maximum Gasteiger partial charge on any atom is 0.254 e. The van der Waals surface area contributed by atoms with Gasteiger partial charge in [0, 0.05) is 30.9 Å². The van der Waals surface area contributed by atoms with Crippen molar-refractivity contribution >= 4 is 34.2 Å². The highest BCUT2D eigenvalue weighted by molar-refractivity contribution is 6.07. The Bertz CT molecular complexity index is 1530. The van der Waals surface area contributed by atoms with Crippen LogP contribution in [0.25, 0.3) is 10.8 Å². The van der Waals surface area contributed by atoms with E-state index in [1.54, 1.807) is 4.90 Å². The van der Waals surface area contributed by atoms with Gasteiger partial charge in [-0.05, 0) is 47.4 Å². The minimum absolute atomic E-state index is 0.00456. The monoisotopic (exact) mass is 532 g/mol. The number of hydrogen-bond donors (Lipinski definition) is 1. The second-order valence-corrected chi connectivity index (χ2v) is 10.5. The SMILES string of the molecule is O=C(CN1CN(c2ccccc2)C2(CCN(C(=O)c3cccc4ccccc34)CC2)C1=O)NCc1ccccc1. The molecule has 0 bridgehead atoms. The Morgan fingerprint density at radius 2 is 1.43 bits per heavy atom. The van der Waals surface area contributed by atoms with Crippen molar-refractivity contribution in [2.24, 2.45) is 0 Å². The van der Waals surface area contributed by atoms with Crippen molar-refractivity contribution in [3.05, 3.63) is 114 Å². The number of amides is 3. The summed E-state index contributed by atoms with van der Waals surface area (Å²) in [5, 5.41) is 4.91. The summed E-state index contributed by atoms with van der Waals surface area (Å²) in [7, 11) is 0. The zero-order valence-corrected chi connectivity index (χ0v) is 22.3. The fourth-order valence-corrected chi connectivity index (χ4v) is 6.01. The molecular weight excluding hydrogens is 500 g/mol. The first-order valence-corrected chi connectivity index (χ1v) is 13.7. The summed E-state index contributed by atoms with van der Waals surface area (Å²) in [6.45, 7) is 1.67. The molecule has 40 heavy (non-hydrogen) atoms. The van der Waals surface area contributed by atoms with Crippen LogP contribution in [0.1, 0.15) is 28.8 Å². The third kappa shape index (κ3) is 4.79. The van der Waals surface area contributed by atoms with E-state index >= 15 is 0 Å². The fourth-order valence-electron chi connectivity index (χ4n) is 6.01. The zero-order chi connectivity index (χ0) is 27.5. The summed E-state index contributed by atoms with van der Waals surface area (Å²) in [5.74, 6) is -0.255. The number of fused-ring (bicyclic) bond motifs is 1. The molecule has 7 heteroatoms. The average molecular weight is 533 g/mol. The Morgan fingerprint density at radius 3 is 2.17 bits per heavy atom. The van der Waals surface area contributed by atoms with Crippen LogP contribution in [-0.2, 0) is 16.1 Å². The van der Waals surface area contributed by atoms with Gasteiger partial charge in [-0.15, -0.1) is 0 Å². The van der Waals surface area contributed by atoms with Gasteiger partial charge in [-0.1, -0.05) is 84.9 Å². The summed E-state index contributed by atoms with van der Waals surface area (Å²) < 4.78 is 0. The standard InChI is InChI=1S/C33H32N4O3/c38-30(34-22-25-10-3-1-4-11-25)23-36-24-37(27-14-5-2-6-15-27)33(32(36)40)18-20-35(21-19-33)31(39)29-17-9-13-26-12-7-8-16-28(26)29/h1-17H,18-24H2,(H,34,38). The molecule has 2 aliphatic heterocycles. The zero-order valence-electron chi connectivity index (χ0n) is 22.3. The van der Waals surface area contributed by atoms with Gasteiger partial charge in [-0.2, -0.15) is 0 Å². The summed E-state index contributed by atoms with van der Waals surface area (Å²) in [5.41, 5.74) is 1.84. The summed E-state index contributed by atoms with van der Waals surface area (Å²) in [6, 6.07) is 33.3. The molecule has 0 aromatic heterocycles. The van der Waals surface area contributed by atoms with Gasteiger partial charge in [0.25, 0.3) is 11.8 Å². The smallest absolute Gasteiger partial charge is 0.254 e. The first kappa shape index (κ1) is 25.6.